The number of rotatable bonds is 0. The van der Waals surface area contributed by atoms with E-state index in [2.05, 4.69) is 31.1 Å². The highest BCUT2D eigenvalue weighted by Crippen LogP contribution is 2.04. The van der Waals surface area contributed by atoms with Gasteiger partial charge in [-0.15, -0.1) is 0 Å². The number of H-pyrrole nitrogens is 1. The summed E-state index contributed by atoms with van der Waals surface area (Å²) in [6.07, 6.45) is 1.61. The molecule has 0 saturated heterocycles. The van der Waals surface area contributed by atoms with Crippen LogP contribution in [-0.4, -0.2) is 15.2 Å². The van der Waals surface area contributed by atoms with Crippen LogP contribution in [0.5, 0.6) is 0 Å². The summed E-state index contributed by atoms with van der Waals surface area (Å²) in [6, 6.07) is 3.41. The quantitative estimate of drug-likeness (QED) is 0.731. The predicted octanol–water partition coefficient (Wildman–Crippen LogP) is 1.08. The molecule has 2 heterocycles. The molecule has 2 aromatic rings. The molecule has 2 aromatic heterocycles. The van der Waals surface area contributed by atoms with E-state index in [-0.39, 0.29) is 10.0 Å². The highest BCUT2D eigenvalue weighted by Gasteiger charge is 2.02. The van der Waals surface area contributed by atoms with Gasteiger partial charge in [0.25, 0.3) is 0 Å². The van der Waals surface area contributed by atoms with Crippen molar-refractivity contribution in [3.8, 4) is 0 Å². The number of aromatic amines is 1. The first-order chi connectivity index (χ1) is 5.79. The molecule has 60 valence electrons. The van der Waals surface area contributed by atoms with Crippen molar-refractivity contribution in [2.45, 2.75) is 0 Å². The van der Waals surface area contributed by atoms with E-state index in [9.17, 15) is 4.79 Å². The lowest BCUT2D eigenvalue weighted by Gasteiger charge is -1.94. The predicted molar refractivity (Wildman–Crippen MR) is 47.9 cm³/mol. The van der Waals surface area contributed by atoms with E-state index in [1.807, 2.05) is 0 Å². The summed E-state index contributed by atoms with van der Waals surface area (Å²) in [7, 11) is 0. The van der Waals surface area contributed by atoms with Crippen molar-refractivity contribution in [1.29, 1.82) is 0 Å². The maximum atomic E-state index is 11.4. The Bertz CT molecular complexity index is 479. The molecule has 0 fully saturated rings. The molecule has 12 heavy (non-hydrogen) atoms. The summed E-state index contributed by atoms with van der Waals surface area (Å²) in [5.74, 6) is 0. The maximum Gasteiger partial charge on any atom is 0.224 e. The molecule has 0 atom stereocenters. The van der Waals surface area contributed by atoms with Crippen LogP contribution >= 0.6 is 15.9 Å². The minimum absolute atomic E-state index is 0.142. The smallest absolute Gasteiger partial charge is 0.224 e. The first kappa shape index (κ1) is 7.42. The number of pyridine rings is 1. The van der Waals surface area contributed by atoms with Crippen molar-refractivity contribution in [1.82, 2.24) is 15.2 Å². The van der Waals surface area contributed by atoms with Gasteiger partial charge in [-0.1, -0.05) is 0 Å². The van der Waals surface area contributed by atoms with Crippen LogP contribution in [0.25, 0.3) is 11.0 Å². The average Bonchev–Trinajstić information content (AvgIpc) is 2.12. The van der Waals surface area contributed by atoms with Crippen LogP contribution in [0.4, 0.5) is 0 Å². The highest BCUT2D eigenvalue weighted by molar-refractivity contribution is 9.10. The van der Waals surface area contributed by atoms with Gasteiger partial charge in [-0.25, -0.2) is 4.98 Å². The van der Waals surface area contributed by atoms with Crippen LogP contribution in [0.2, 0.25) is 0 Å². The summed E-state index contributed by atoms with van der Waals surface area (Å²) in [6.45, 7) is 0. The number of hydrogen-bond acceptors (Lipinski definition) is 3. The van der Waals surface area contributed by atoms with Crippen molar-refractivity contribution in [2.75, 3.05) is 0 Å². The van der Waals surface area contributed by atoms with Gasteiger partial charge in [-0.05, 0) is 28.1 Å². The molecule has 4 nitrogen and oxygen atoms in total. The maximum absolute atomic E-state index is 11.4. The molecule has 2 rings (SSSR count). The second-order valence-electron chi connectivity index (χ2n) is 2.24. The van der Waals surface area contributed by atoms with Gasteiger partial charge >= 0.3 is 0 Å². The van der Waals surface area contributed by atoms with Crippen LogP contribution in [0.15, 0.2) is 27.7 Å². The largest absolute Gasteiger partial charge is 0.286 e. The summed E-state index contributed by atoms with van der Waals surface area (Å²) in [5.41, 5.74) is 0.363. The minimum atomic E-state index is -0.142. The van der Waals surface area contributed by atoms with Gasteiger partial charge in [0.15, 0.2) is 10.3 Å². The SMILES string of the molecule is O=c1c(Br)n[nH]c2ncccc12. The van der Waals surface area contributed by atoms with Crippen molar-refractivity contribution < 1.29 is 0 Å². The fourth-order valence-electron chi connectivity index (χ4n) is 0.942. The average molecular weight is 226 g/mol. The Labute approximate surface area is 75.8 Å². The number of halogens is 1. The van der Waals surface area contributed by atoms with Gasteiger partial charge in [0, 0.05) is 6.20 Å². The molecule has 1 N–H and O–H groups in total. The van der Waals surface area contributed by atoms with Gasteiger partial charge in [-0.3, -0.25) is 9.89 Å². The lowest BCUT2D eigenvalue weighted by molar-refractivity contribution is 1.01. The summed E-state index contributed by atoms with van der Waals surface area (Å²) < 4.78 is 0.281. The number of nitrogens with zero attached hydrogens (tertiary/aromatic N) is 2. The summed E-state index contributed by atoms with van der Waals surface area (Å²) in [4.78, 5) is 15.3. The zero-order chi connectivity index (χ0) is 8.55. The topological polar surface area (TPSA) is 58.6 Å². The molecular formula is C7H4BrN3O. The van der Waals surface area contributed by atoms with Crippen LogP contribution in [-0.2, 0) is 0 Å². The van der Waals surface area contributed by atoms with Crippen LogP contribution in [0.3, 0.4) is 0 Å². The molecule has 0 unspecified atom stereocenters. The Morgan fingerprint density at radius 3 is 3.17 bits per heavy atom. The number of aromatic nitrogens is 3. The monoisotopic (exact) mass is 225 g/mol. The van der Waals surface area contributed by atoms with Crippen molar-refractivity contribution in [2.24, 2.45) is 0 Å². The molecule has 5 heteroatoms. The van der Waals surface area contributed by atoms with E-state index < -0.39 is 0 Å². The zero-order valence-electron chi connectivity index (χ0n) is 5.91. The molecule has 0 radical (unpaired) electrons. The van der Waals surface area contributed by atoms with E-state index in [0.29, 0.717) is 11.0 Å². The number of hydrogen-bond donors (Lipinski definition) is 1. The Morgan fingerprint density at radius 1 is 1.50 bits per heavy atom. The van der Waals surface area contributed by atoms with E-state index in [1.54, 1.807) is 18.3 Å². The lowest BCUT2D eigenvalue weighted by atomic mass is 10.3. The Hall–Kier alpha value is -1.23. The fourth-order valence-corrected chi connectivity index (χ4v) is 1.24. The minimum Gasteiger partial charge on any atom is -0.286 e. The second kappa shape index (κ2) is 2.67. The van der Waals surface area contributed by atoms with Crippen LogP contribution in [0, 0.1) is 0 Å². The van der Waals surface area contributed by atoms with E-state index in [1.165, 1.54) is 0 Å². The van der Waals surface area contributed by atoms with Gasteiger partial charge in [0.1, 0.15) is 0 Å². The summed E-state index contributed by atoms with van der Waals surface area (Å²) >= 11 is 3.03. The highest BCUT2D eigenvalue weighted by atomic mass is 79.9. The lowest BCUT2D eigenvalue weighted by Crippen LogP contribution is -2.07. The standard InChI is InChI=1S/C7H4BrN3O/c8-6-5(12)4-2-1-3-9-7(4)11-10-6/h1-3H,(H,9,11,12). The molecule has 0 amide bonds. The van der Waals surface area contributed by atoms with E-state index in [0.717, 1.165) is 0 Å². The Morgan fingerprint density at radius 2 is 2.33 bits per heavy atom. The molecule has 0 aliphatic heterocycles. The molecule has 0 aromatic carbocycles. The van der Waals surface area contributed by atoms with Crippen LogP contribution < -0.4 is 5.43 Å². The molecular weight excluding hydrogens is 222 g/mol. The number of nitrogens with one attached hydrogen (secondary N) is 1. The fraction of sp³-hybridized carbons (Fsp3) is 0. The molecule has 0 bridgehead atoms. The van der Waals surface area contributed by atoms with E-state index >= 15 is 0 Å². The molecule has 0 saturated carbocycles. The first-order valence-electron chi connectivity index (χ1n) is 3.28. The number of fused-ring (bicyclic) bond motifs is 1. The van der Waals surface area contributed by atoms with Crippen molar-refractivity contribution >= 4 is 27.0 Å². The van der Waals surface area contributed by atoms with Gasteiger partial charge in [0.2, 0.25) is 5.43 Å². The Balaban J connectivity index is 3.01. The molecule has 0 spiro atoms. The summed E-state index contributed by atoms with van der Waals surface area (Å²) in [5, 5.41) is 6.92. The third kappa shape index (κ3) is 1.02. The first-order valence-corrected chi connectivity index (χ1v) is 4.07. The van der Waals surface area contributed by atoms with Gasteiger partial charge < -0.3 is 0 Å². The van der Waals surface area contributed by atoms with E-state index in [4.69, 9.17) is 0 Å². The second-order valence-corrected chi connectivity index (χ2v) is 2.99. The Kier molecular flexibility index (Phi) is 1.65. The third-order valence-corrected chi connectivity index (χ3v) is 2.04. The van der Waals surface area contributed by atoms with Crippen LogP contribution in [0.1, 0.15) is 0 Å². The van der Waals surface area contributed by atoms with Gasteiger partial charge in [-0.2, -0.15) is 5.10 Å². The molecule has 0 aliphatic carbocycles. The zero-order valence-corrected chi connectivity index (χ0v) is 7.50. The molecule has 0 aliphatic rings. The normalized spacial score (nSPS) is 10.4. The van der Waals surface area contributed by atoms with Crippen molar-refractivity contribution in [3.63, 3.8) is 0 Å². The van der Waals surface area contributed by atoms with Crippen molar-refractivity contribution in [3.05, 3.63) is 33.2 Å². The third-order valence-electron chi connectivity index (χ3n) is 1.50. The van der Waals surface area contributed by atoms with Gasteiger partial charge in [0.05, 0.1) is 5.39 Å².